The summed E-state index contributed by atoms with van der Waals surface area (Å²) in [5.74, 6) is 0. The molecule has 0 unspecified atom stereocenters. The van der Waals surface area contributed by atoms with Gasteiger partial charge >= 0.3 is 0 Å². The lowest BCUT2D eigenvalue weighted by molar-refractivity contribution is 1.21. The molecule has 50 valence electrons. The molecule has 0 spiro atoms. The van der Waals surface area contributed by atoms with Crippen LogP contribution in [0.5, 0.6) is 0 Å². The summed E-state index contributed by atoms with van der Waals surface area (Å²) in [6, 6.07) is 5.49. The highest BCUT2D eigenvalue weighted by atomic mass is 79.9. The summed E-state index contributed by atoms with van der Waals surface area (Å²) in [6.45, 7) is 0. The zero-order valence-electron chi connectivity index (χ0n) is 4.81. The van der Waals surface area contributed by atoms with E-state index in [1.165, 1.54) is 0 Å². The van der Waals surface area contributed by atoms with Gasteiger partial charge in [-0.25, -0.2) is 4.98 Å². The Labute approximate surface area is 75.1 Å². The number of hydrogen-bond donors (Lipinski definition) is 0. The van der Waals surface area contributed by atoms with Crippen molar-refractivity contribution < 1.29 is 0 Å². The molecule has 4 heteroatoms. The van der Waals surface area contributed by atoms with Gasteiger partial charge in [0.15, 0.2) is 5.69 Å². The lowest BCUT2D eigenvalue weighted by Crippen LogP contribution is -1.83. The van der Waals surface area contributed by atoms with Crippen LogP contribution in [0.2, 0.25) is 0 Å². The third kappa shape index (κ3) is 1.55. The van der Waals surface area contributed by atoms with Crippen molar-refractivity contribution in [3.05, 3.63) is 26.9 Å². The average Bonchev–Trinajstić information content (AvgIpc) is 1.94. The molecule has 0 aliphatic heterocycles. The Hall–Kier alpha value is -0.400. The molecule has 1 heterocycles. The Morgan fingerprint density at radius 1 is 1.40 bits per heavy atom. The summed E-state index contributed by atoms with van der Waals surface area (Å²) in [6.07, 6.45) is 0. The number of nitriles is 1. The molecule has 0 atom stereocenters. The molecular weight excluding hydrogens is 260 g/mol. The van der Waals surface area contributed by atoms with Gasteiger partial charge in [0.2, 0.25) is 0 Å². The number of hydrogen-bond acceptors (Lipinski definition) is 2. The molecule has 0 aliphatic rings. The second-order valence-electron chi connectivity index (χ2n) is 1.58. The van der Waals surface area contributed by atoms with Gasteiger partial charge in [-0.3, -0.25) is 0 Å². The van der Waals surface area contributed by atoms with E-state index in [9.17, 15) is 0 Å². The Morgan fingerprint density at radius 3 is 2.60 bits per heavy atom. The van der Waals surface area contributed by atoms with E-state index in [4.69, 9.17) is 5.26 Å². The van der Waals surface area contributed by atoms with E-state index in [2.05, 4.69) is 36.8 Å². The highest BCUT2D eigenvalue weighted by molar-refractivity contribution is 9.11. The predicted octanol–water partition coefficient (Wildman–Crippen LogP) is 2.48. The third-order valence-electron chi connectivity index (χ3n) is 0.918. The fourth-order valence-corrected chi connectivity index (χ4v) is 1.12. The number of halogens is 2. The zero-order chi connectivity index (χ0) is 7.56. The Balaban J connectivity index is 3.25. The molecule has 0 amide bonds. The van der Waals surface area contributed by atoms with Crippen LogP contribution in [0.3, 0.4) is 0 Å². The largest absolute Gasteiger partial charge is 0.229 e. The van der Waals surface area contributed by atoms with Gasteiger partial charge in [-0.1, -0.05) is 0 Å². The van der Waals surface area contributed by atoms with Gasteiger partial charge < -0.3 is 0 Å². The molecular formula is C6H2Br2N2. The van der Waals surface area contributed by atoms with Crippen molar-refractivity contribution in [1.29, 1.82) is 5.26 Å². The Bertz CT molecular complexity index is 290. The number of rotatable bonds is 0. The summed E-state index contributed by atoms with van der Waals surface area (Å²) >= 11 is 6.34. The van der Waals surface area contributed by atoms with Crippen molar-refractivity contribution in [1.82, 2.24) is 4.98 Å². The van der Waals surface area contributed by atoms with Gasteiger partial charge in [0.1, 0.15) is 10.7 Å². The third-order valence-corrected chi connectivity index (χ3v) is 2.00. The minimum absolute atomic E-state index is 0.398. The summed E-state index contributed by atoms with van der Waals surface area (Å²) < 4.78 is 1.39. The first-order chi connectivity index (χ1) is 4.74. The van der Waals surface area contributed by atoms with E-state index in [0.717, 1.165) is 4.47 Å². The summed E-state index contributed by atoms with van der Waals surface area (Å²) in [5.41, 5.74) is 0.398. The summed E-state index contributed by atoms with van der Waals surface area (Å²) in [7, 11) is 0. The van der Waals surface area contributed by atoms with Gasteiger partial charge in [-0.2, -0.15) is 5.26 Å². The predicted molar refractivity (Wildman–Crippen MR) is 44.4 cm³/mol. The van der Waals surface area contributed by atoms with Crippen LogP contribution in [0.15, 0.2) is 21.2 Å². The number of aromatic nitrogens is 1. The van der Waals surface area contributed by atoms with Crippen molar-refractivity contribution in [3.63, 3.8) is 0 Å². The average molecular weight is 262 g/mol. The summed E-state index contributed by atoms with van der Waals surface area (Å²) in [5, 5.41) is 8.48. The molecule has 0 bridgehead atoms. The van der Waals surface area contributed by atoms with Crippen LogP contribution in [0.1, 0.15) is 5.69 Å². The van der Waals surface area contributed by atoms with Crippen LogP contribution in [-0.2, 0) is 0 Å². The van der Waals surface area contributed by atoms with E-state index < -0.39 is 0 Å². The molecule has 0 fully saturated rings. The SMILES string of the molecule is N#Cc1nc(Br)ccc1Br. The maximum absolute atomic E-state index is 8.48. The second-order valence-corrected chi connectivity index (χ2v) is 3.24. The Morgan fingerprint density at radius 2 is 2.10 bits per heavy atom. The van der Waals surface area contributed by atoms with E-state index in [0.29, 0.717) is 10.3 Å². The van der Waals surface area contributed by atoms with Crippen LogP contribution in [-0.4, -0.2) is 4.98 Å². The van der Waals surface area contributed by atoms with Crippen molar-refractivity contribution >= 4 is 31.9 Å². The van der Waals surface area contributed by atoms with E-state index in [1.807, 2.05) is 6.07 Å². The minimum atomic E-state index is 0.398. The van der Waals surface area contributed by atoms with Crippen LogP contribution in [0, 0.1) is 11.3 Å². The molecule has 0 radical (unpaired) electrons. The molecule has 2 nitrogen and oxygen atoms in total. The molecule has 0 N–H and O–H groups in total. The quantitative estimate of drug-likeness (QED) is 0.673. The monoisotopic (exact) mass is 260 g/mol. The van der Waals surface area contributed by atoms with Crippen LogP contribution < -0.4 is 0 Å². The molecule has 10 heavy (non-hydrogen) atoms. The smallest absolute Gasteiger partial charge is 0.155 e. The highest BCUT2D eigenvalue weighted by Crippen LogP contribution is 2.16. The molecule has 0 saturated carbocycles. The molecule has 1 aromatic rings. The van der Waals surface area contributed by atoms with Crippen LogP contribution in [0.25, 0.3) is 0 Å². The maximum Gasteiger partial charge on any atom is 0.155 e. The van der Waals surface area contributed by atoms with E-state index >= 15 is 0 Å². The van der Waals surface area contributed by atoms with Crippen molar-refractivity contribution in [2.75, 3.05) is 0 Å². The lowest BCUT2D eigenvalue weighted by atomic mass is 10.4. The first-order valence-corrected chi connectivity index (χ1v) is 4.05. The van der Waals surface area contributed by atoms with Crippen LogP contribution >= 0.6 is 31.9 Å². The van der Waals surface area contributed by atoms with Crippen molar-refractivity contribution in [2.45, 2.75) is 0 Å². The zero-order valence-corrected chi connectivity index (χ0v) is 7.98. The maximum atomic E-state index is 8.48. The fraction of sp³-hybridized carbons (Fsp3) is 0. The molecule has 0 aromatic carbocycles. The van der Waals surface area contributed by atoms with Crippen molar-refractivity contribution in [2.24, 2.45) is 0 Å². The van der Waals surface area contributed by atoms with Crippen molar-refractivity contribution in [3.8, 4) is 6.07 Å². The van der Waals surface area contributed by atoms with E-state index in [-0.39, 0.29) is 0 Å². The van der Waals surface area contributed by atoms with Gasteiger partial charge in [0.25, 0.3) is 0 Å². The normalized spacial score (nSPS) is 8.90. The molecule has 1 rings (SSSR count). The summed E-state index contributed by atoms with van der Waals surface area (Å²) in [4.78, 5) is 3.90. The van der Waals surface area contributed by atoms with Crippen LogP contribution in [0.4, 0.5) is 0 Å². The molecule has 1 aromatic heterocycles. The molecule has 0 aliphatic carbocycles. The fourth-order valence-electron chi connectivity index (χ4n) is 0.497. The van der Waals surface area contributed by atoms with Gasteiger partial charge in [-0.15, -0.1) is 0 Å². The first-order valence-electron chi connectivity index (χ1n) is 2.46. The van der Waals surface area contributed by atoms with Gasteiger partial charge in [-0.05, 0) is 44.0 Å². The topological polar surface area (TPSA) is 36.7 Å². The first kappa shape index (κ1) is 7.70. The highest BCUT2D eigenvalue weighted by Gasteiger charge is 1.98. The second kappa shape index (κ2) is 3.13. The lowest BCUT2D eigenvalue weighted by Gasteiger charge is -1.92. The standard InChI is InChI=1S/C6H2Br2N2/c7-4-1-2-6(8)10-5(4)3-9/h1-2H. The number of pyridine rings is 1. The van der Waals surface area contributed by atoms with E-state index in [1.54, 1.807) is 12.1 Å². The number of nitrogens with zero attached hydrogens (tertiary/aromatic N) is 2. The van der Waals surface area contributed by atoms with Gasteiger partial charge in [0.05, 0.1) is 4.47 Å². The van der Waals surface area contributed by atoms with Gasteiger partial charge in [0, 0.05) is 0 Å². The Kier molecular flexibility index (Phi) is 2.41. The molecule has 0 saturated heterocycles. The minimum Gasteiger partial charge on any atom is -0.229 e.